The largest absolute Gasteiger partial charge is 0.335 e. The van der Waals surface area contributed by atoms with E-state index < -0.39 is 0 Å². The van der Waals surface area contributed by atoms with Crippen LogP contribution in [0.5, 0.6) is 0 Å². The molecule has 1 amide bonds. The molecule has 0 N–H and O–H groups in total. The van der Waals surface area contributed by atoms with E-state index in [2.05, 4.69) is 16.8 Å². The van der Waals surface area contributed by atoms with Crippen LogP contribution in [0.4, 0.5) is 0 Å². The van der Waals surface area contributed by atoms with Crippen molar-refractivity contribution in [2.75, 3.05) is 18.1 Å². The number of imidazole rings is 1. The Morgan fingerprint density at radius 3 is 2.81 bits per heavy atom. The van der Waals surface area contributed by atoms with Crippen LogP contribution >= 0.6 is 11.8 Å². The van der Waals surface area contributed by atoms with E-state index >= 15 is 0 Å². The molecule has 3 rings (SSSR count). The van der Waals surface area contributed by atoms with Crippen molar-refractivity contribution in [3.8, 4) is 11.4 Å². The van der Waals surface area contributed by atoms with Crippen LogP contribution < -0.4 is 0 Å². The Bertz CT molecular complexity index is 722. The van der Waals surface area contributed by atoms with E-state index in [9.17, 15) is 4.79 Å². The maximum Gasteiger partial charge on any atom is 0.254 e. The summed E-state index contributed by atoms with van der Waals surface area (Å²) in [4.78, 5) is 19.9. The highest BCUT2D eigenvalue weighted by Crippen LogP contribution is 2.26. The van der Waals surface area contributed by atoms with Gasteiger partial charge in [-0.2, -0.15) is 11.8 Å². The van der Waals surface area contributed by atoms with E-state index in [1.165, 1.54) is 19.3 Å². The zero-order valence-electron chi connectivity index (χ0n) is 15.9. The highest BCUT2D eigenvalue weighted by atomic mass is 32.2. The molecule has 140 valence electrons. The van der Waals surface area contributed by atoms with E-state index in [0.717, 1.165) is 47.8 Å². The number of nitrogens with zero attached hydrogens (tertiary/aromatic N) is 3. The number of hydrogen-bond acceptors (Lipinski definition) is 3. The average Bonchev–Trinajstić information content (AvgIpc) is 3.11. The lowest BCUT2D eigenvalue weighted by Crippen LogP contribution is -2.42. The van der Waals surface area contributed by atoms with Gasteiger partial charge in [0.05, 0.1) is 0 Å². The van der Waals surface area contributed by atoms with Crippen LogP contribution in [-0.4, -0.2) is 44.5 Å². The number of carbonyl (C=O) groups excluding carboxylic acids is 1. The third-order valence-electron chi connectivity index (χ3n) is 5.15. The van der Waals surface area contributed by atoms with Gasteiger partial charge in [0.1, 0.15) is 5.82 Å². The van der Waals surface area contributed by atoms with Crippen molar-refractivity contribution >= 4 is 17.7 Å². The zero-order valence-corrected chi connectivity index (χ0v) is 16.7. The van der Waals surface area contributed by atoms with Crippen molar-refractivity contribution in [1.82, 2.24) is 14.5 Å². The molecule has 26 heavy (non-hydrogen) atoms. The molecule has 0 spiro atoms. The van der Waals surface area contributed by atoms with Crippen molar-refractivity contribution in [2.45, 2.75) is 45.1 Å². The number of aryl methyl sites for hydroxylation is 1. The molecule has 2 aromatic rings. The summed E-state index contributed by atoms with van der Waals surface area (Å²) < 4.78 is 1.99. The van der Waals surface area contributed by atoms with Crippen LogP contribution in [-0.2, 0) is 7.05 Å². The van der Waals surface area contributed by atoms with Crippen LogP contribution in [0.25, 0.3) is 11.4 Å². The molecule has 1 aromatic carbocycles. The Balaban J connectivity index is 1.82. The molecule has 0 radical (unpaired) electrons. The summed E-state index contributed by atoms with van der Waals surface area (Å²) in [7, 11) is 1.98. The Hall–Kier alpha value is -1.75. The summed E-state index contributed by atoms with van der Waals surface area (Å²) in [6, 6.07) is 8.32. The van der Waals surface area contributed by atoms with Crippen molar-refractivity contribution < 1.29 is 4.79 Å². The third-order valence-corrected chi connectivity index (χ3v) is 6.03. The van der Waals surface area contributed by atoms with Gasteiger partial charge in [-0.25, -0.2) is 4.98 Å². The summed E-state index contributed by atoms with van der Waals surface area (Å²) >= 11 is 1.91. The fraction of sp³-hybridized carbons (Fsp3) is 0.524. The summed E-state index contributed by atoms with van der Waals surface area (Å²) in [6.07, 6.45) is 9.78. The van der Waals surface area contributed by atoms with E-state index in [0.29, 0.717) is 6.04 Å². The zero-order chi connectivity index (χ0) is 18.4. The molecule has 0 saturated heterocycles. The Labute approximate surface area is 161 Å². The molecule has 1 fully saturated rings. The average molecular weight is 372 g/mol. The van der Waals surface area contributed by atoms with Crippen molar-refractivity contribution in [2.24, 2.45) is 7.05 Å². The molecule has 1 aliphatic rings. The number of amides is 1. The van der Waals surface area contributed by atoms with E-state index in [-0.39, 0.29) is 5.91 Å². The first-order chi connectivity index (χ1) is 12.7. The second-order valence-electron chi connectivity index (χ2n) is 6.93. The van der Waals surface area contributed by atoms with Gasteiger partial charge in [0.25, 0.3) is 5.91 Å². The van der Waals surface area contributed by atoms with Crippen molar-refractivity contribution in [1.29, 1.82) is 0 Å². The number of benzene rings is 1. The molecule has 0 unspecified atom stereocenters. The summed E-state index contributed by atoms with van der Waals surface area (Å²) in [5, 5.41) is 0. The third kappa shape index (κ3) is 4.50. The number of aromatic nitrogens is 2. The maximum absolute atomic E-state index is 13.3. The fourth-order valence-electron chi connectivity index (χ4n) is 3.75. The smallest absolute Gasteiger partial charge is 0.254 e. The molecule has 1 aromatic heterocycles. The van der Waals surface area contributed by atoms with Gasteiger partial charge in [-0.1, -0.05) is 38.3 Å². The summed E-state index contributed by atoms with van der Waals surface area (Å²) in [6.45, 7) is 3.02. The predicted octanol–water partition coefficient (Wildman–Crippen LogP) is 4.62. The molecule has 1 saturated carbocycles. The second-order valence-corrected chi connectivity index (χ2v) is 8.32. The molecule has 1 heterocycles. The highest BCUT2D eigenvalue weighted by molar-refractivity contribution is 7.99. The molecule has 5 heteroatoms. The van der Waals surface area contributed by atoms with Gasteiger partial charge in [0, 0.05) is 48.9 Å². The SMILES string of the molecule is CCSCCN(C(=O)c1cccc(-c2nccn2C)c1)C1CCCCC1. The summed E-state index contributed by atoms with van der Waals surface area (Å²) in [5.74, 6) is 3.18. The lowest BCUT2D eigenvalue weighted by molar-refractivity contribution is 0.0650. The lowest BCUT2D eigenvalue weighted by Gasteiger charge is -2.34. The lowest BCUT2D eigenvalue weighted by atomic mass is 9.93. The minimum absolute atomic E-state index is 0.171. The van der Waals surface area contributed by atoms with Gasteiger partial charge in [0.2, 0.25) is 0 Å². The quantitative estimate of drug-likeness (QED) is 0.667. The molecule has 1 aliphatic carbocycles. The molecule has 0 bridgehead atoms. The first kappa shape index (κ1) is 19.0. The minimum atomic E-state index is 0.171. The second kappa shape index (κ2) is 9.26. The summed E-state index contributed by atoms with van der Waals surface area (Å²) in [5.41, 5.74) is 1.77. The van der Waals surface area contributed by atoms with Gasteiger partial charge in [-0.15, -0.1) is 0 Å². The van der Waals surface area contributed by atoms with Crippen LogP contribution in [0.2, 0.25) is 0 Å². The number of hydrogen-bond donors (Lipinski definition) is 0. The van der Waals surface area contributed by atoms with Gasteiger partial charge in [-0.3, -0.25) is 4.79 Å². The van der Waals surface area contributed by atoms with Gasteiger partial charge in [-0.05, 0) is 30.7 Å². The Kier molecular flexibility index (Phi) is 6.78. The van der Waals surface area contributed by atoms with Crippen LogP contribution in [0.15, 0.2) is 36.7 Å². The minimum Gasteiger partial charge on any atom is -0.335 e. The van der Waals surface area contributed by atoms with Gasteiger partial charge >= 0.3 is 0 Å². The highest BCUT2D eigenvalue weighted by Gasteiger charge is 2.26. The first-order valence-corrected chi connectivity index (χ1v) is 10.8. The van der Waals surface area contributed by atoms with E-state index in [4.69, 9.17) is 0 Å². The maximum atomic E-state index is 13.3. The first-order valence-electron chi connectivity index (χ1n) is 9.67. The topological polar surface area (TPSA) is 38.1 Å². The molecular formula is C21H29N3OS. The van der Waals surface area contributed by atoms with Crippen LogP contribution in [0, 0.1) is 0 Å². The normalized spacial score (nSPS) is 15.2. The molecule has 4 nitrogen and oxygen atoms in total. The van der Waals surface area contributed by atoms with E-state index in [1.807, 2.05) is 53.8 Å². The molecule has 0 atom stereocenters. The predicted molar refractivity (Wildman–Crippen MR) is 110 cm³/mol. The number of thioether (sulfide) groups is 1. The monoisotopic (exact) mass is 371 g/mol. The fourth-order valence-corrected chi connectivity index (χ4v) is 4.37. The standard InChI is InChI=1S/C21H29N3OS/c1-3-26-15-14-24(19-10-5-4-6-11-19)21(25)18-9-7-8-17(16-18)20-22-12-13-23(20)2/h7-9,12-13,16,19H,3-6,10-11,14-15H2,1-2H3. The van der Waals surface area contributed by atoms with Gasteiger partial charge < -0.3 is 9.47 Å². The molecular weight excluding hydrogens is 342 g/mol. The molecule has 0 aliphatic heterocycles. The van der Waals surface area contributed by atoms with Gasteiger partial charge in [0.15, 0.2) is 0 Å². The van der Waals surface area contributed by atoms with Crippen LogP contribution in [0.1, 0.15) is 49.4 Å². The Morgan fingerprint density at radius 2 is 2.12 bits per heavy atom. The number of rotatable bonds is 7. The van der Waals surface area contributed by atoms with Crippen LogP contribution in [0.3, 0.4) is 0 Å². The van der Waals surface area contributed by atoms with Crippen molar-refractivity contribution in [3.05, 3.63) is 42.2 Å². The van der Waals surface area contributed by atoms with Crippen molar-refractivity contribution in [3.63, 3.8) is 0 Å². The van der Waals surface area contributed by atoms with E-state index in [1.54, 1.807) is 6.20 Å². The Morgan fingerprint density at radius 1 is 1.31 bits per heavy atom. The number of carbonyl (C=O) groups is 1.